The predicted octanol–water partition coefficient (Wildman–Crippen LogP) is 6.38. The number of rotatable bonds is 19. The summed E-state index contributed by atoms with van der Waals surface area (Å²) < 4.78 is 19.9. The Hall–Kier alpha value is -3.71. The van der Waals surface area contributed by atoms with E-state index in [1.165, 1.54) is 19.1 Å². The minimum absolute atomic E-state index is 0.0325. The fourth-order valence-corrected chi connectivity index (χ4v) is 8.41. The number of halogens is 1. The predicted molar refractivity (Wildman–Crippen MR) is 201 cm³/mol. The Bertz CT molecular complexity index is 1590. The van der Waals surface area contributed by atoms with Gasteiger partial charge in [-0.05, 0) is 87.7 Å². The molecular formula is C40H57FN4O7S. The van der Waals surface area contributed by atoms with E-state index in [9.17, 15) is 33.5 Å². The number of carbonyl (C=O) groups excluding carboxylic acids is 4. The number of hydrogen-bond acceptors (Lipinski definition) is 9. The second kappa shape index (κ2) is 19.1. The molecule has 2 amide bonds. The molecule has 2 N–H and O–H groups in total. The number of hydrogen-bond donors (Lipinski definition) is 2. The van der Waals surface area contributed by atoms with Crippen LogP contribution in [0.4, 0.5) is 4.39 Å². The highest BCUT2D eigenvalue weighted by Crippen LogP contribution is 2.38. The molecule has 1 saturated carbocycles. The number of likely N-dealkylation sites (N-methyl/N-ethyl adjacent to an activating group) is 1. The topological polar surface area (TPSA) is 146 Å². The molecule has 0 radical (unpaired) electrons. The Morgan fingerprint density at radius 2 is 1.81 bits per heavy atom. The van der Waals surface area contributed by atoms with Gasteiger partial charge in [-0.2, -0.15) is 0 Å². The van der Waals surface area contributed by atoms with Gasteiger partial charge in [0.15, 0.2) is 11.9 Å². The minimum atomic E-state index is -1.01. The van der Waals surface area contributed by atoms with Gasteiger partial charge in [-0.1, -0.05) is 46.1 Å². The number of ether oxygens (including phenoxy) is 1. The first-order chi connectivity index (χ1) is 25.0. The average Bonchev–Trinajstić information content (AvgIpc) is 3.75. The standard InChI is InChI=1S/C40H57FN4O7S/c1-23(2)34(45(7)39(49)29(17-27-11-12-27)20-35(47)33-10-8-9-13-44(33)6)21-36(52-26(5)46)38-43-32(22-53-38)37(48)42-31(16-25(4)40(50)51)19-28-14-24(3)15-30(41)18-28/h14-15,18,22-23,25,27,29,31,33-34,36H,8-13,16-17,19-21H2,1-7H3,(H,42,48)(H,50,51)/t25-,29+,31+,33+,34+,36+/m0/s1. The molecule has 2 aromatic rings. The Kier molecular flexibility index (Phi) is 15.1. The molecule has 1 aromatic carbocycles. The quantitative estimate of drug-likeness (QED) is 0.156. The molecule has 13 heteroatoms. The smallest absolute Gasteiger partial charge is 0.306 e. The van der Waals surface area contributed by atoms with Gasteiger partial charge in [-0.25, -0.2) is 9.37 Å². The molecule has 53 heavy (non-hydrogen) atoms. The van der Waals surface area contributed by atoms with Crippen LogP contribution in [0.5, 0.6) is 0 Å². The molecule has 0 unspecified atom stereocenters. The number of carboxylic acid groups (broad SMARTS) is 1. The van der Waals surface area contributed by atoms with Gasteiger partial charge < -0.3 is 20.1 Å². The van der Waals surface area contributed by atoms with E-state index in [1.54, 1.807) is 37.2 Å². The number of aromatic nitrogens is 1. The van der Waals surface area contributed by atoms with Crippen LogP contribution in [0.3, 0.4) is 0 Å². The third-order valence-corrected chi connectivity index (χ3v) is 11.6. The number of piperidine rings is 1. The van der Waals surface area contributed by atoms with Gasteiger partial charge >= 0.3 is 11.9 Å². The summed E-state index contributed by atoms with van der Waals surface area (Å²) in [6, 6.07) is 3.43. The Morgan fingerprint density at radius 1 is 1.09 bits per heavy atom. The maximum Gasteiger partial charge on any atom is 0.306 e. The van der Waals surface area contributed by atoms with Crippen LogP contribution in [0.15, 0.2) is 23.6 Å². The summed E-state index contributed by atoms with van der Waals surface area (Å²) in [7, 11) is 3.74. The number of aliphatic carboxylic acids is 1. The van der Waals surface area contributed by atoms with E-state index in [-0.39, 0.29) is 61.1 Å². The number of esters is 1. The molecule has 1 aliphatic heterocycles. The van der Waals surface area contributed by atoms with E-state index in [0.717, 1.165) is 50.0 Å². The van der Waals surface area contributed by atoms with Crippen molar-refractivity contribution in [3.05, 3.63) is 51.2 Å². The van der Waals surface area contributed by atoms with Crippen LogP contribution in [0, 0.1) is 36.4 Å². The number of likely N-dealkylation sites (tertiary alicyclic amines) is 1. The number of amides is 2. The lowest BCUT2D eigenvalue weighted by atomic mass is 9.88. The van der Waals surface area contributed by atoms with Crippen molar-refractivity contribution in [2.24, 2.45) is 23.7 Å². The van der Waals surface area contributed by atoms with Crippen molar-refractivity contribution in [2.45, 2.75) is 123 Å². The van der Waals surface area contributed by atoms with E-state index in [4.69, 9.17) is 4.74 Å². The molecular weight excluding hydrogens is 700 g/mol. The van der Waals surface area contributed by atoms with Crippen molar-refractivity contribution in [1.29, 1.82) is 0 Å². The molecule has 4 rings (SSSR count). The van der Waals surface area contributed by atoms with E-state index < -0.39 is 47.6 Å². The van der Waals surface area contributed by atoms with Crippen molar-refractivity contribution in [1.82, 2.24) is 20.1 Å². The van der Waals surface area contributed by atoms with Gasteiger partial charge in [0.05, 0.1) is 12.0 Å². The summed E-state index contributed by atoms with van der Waals surface area (Å²) in [5, 5.41) is 14.4. The summed E-state index contributed by atoms with van der Waals surface area (Å²) in [6.07, 6.45) is 5.64. The maximum atomic E-state index is 14.2. The third kappa shape index (κ3) is 12.4. The number of ketones is 1. The molecule has 2 aliphatic rings. The summed E-state index contributed by atoms with van der Waals surface area (Å²) >= 11 is 1.16. The number of Topliss-reactive ketones (excluding diaryl/α,β-unsaturated/α-hetero) is 1. The van der Waals surface area contributed by atoms with E-state index in [1.807, 2.05) is 20.9 Å². The lowest BCUT2D eigenvalue weighted by molar-refractivity contribution is -0.149. The van der Waals surface area contributed by atoms with Crippen molar-refractivity contribution < 1.29 is 38.2 Å². The molecule has 0 bridgehead atoms. The van der Waals surface area contributed by atoms with Crippen LogP contribution >= 0.6 is 11.3 Å². The van der Waals surface area contributed by atoms with E-state index >= 15 is 0 Å². The number of nitrogens with one attached hydrogen (secondary N) is 1. The molecule has 2 fully saturated rings. The minimum Gasteiger partial charge on any atom is -0.481 e. The molecule has 1 aromatic heterocycles. The molecule has 292 valence electrons. The van der Waals surface area contributed by atoms with Crippen molar-refractivity contribution in [3.63, 3.8) is 0 Å². The van der Waals surface area contributed by atoms with E-state index in [2.05, 4.69) is 15.2 Å². The fraction of sp³-hybridized carbons (Fsp3) is 0.650. The van der Waals surface area contributed by atoms with Crippen LogP contribution < -0.4 is 5.32 Å². The third-order valence-electron chi connectivity index (χ3n) is 10.6. The highest BCUT2D eigenvalue weighted by molar-refractivity contribution is 7.09. The van der Waals surface area contributed by atoms with Gasteiger partial charge in [0.1, 0.15) is 16.5 Å². The monoisotopic (exact) mass is 756 g/mol. The first-order valence-electron chi connectivity index (χ1n) is 18.9. The SMILES string of the molecule is CC(=O)O[C@H](C[C@H](C(C)C)N(C)C(=O)[C@@H](CC(=O)[C@H]1CCCCN1C)CC1CC1)c1nc(C(=O)N[C@@H](Cc2cc(C)cc(F)c2)C[C@H](C)C(=O)O)cs1. The fourth-order valence-electron chi connectivity index (χ4n) is 7.57. The zero-order valence-corrected chi connectivity index (χ0v) is 33.0. The number of thiazole rings is 1. The lowest BCUT2D eigenvalue weighted by Gasteiger charge is -2.36. The van der Waals surface area contributed by atoms with Gasteiger partial charge in [-0.3, -0.25) is 28.9 Å². The zero-order chi connectivity index (χ0) is 39.0. The molecule has 11 nitrogen and oxygen atoms in total. The summed E-state index contributed by atoms with van der Waals surface area (Å²) in [4.78, 5) is 73.7. The summed E-state index contributed by atoms with van der Waals surface area (Å²) in [5.74, 6) is -3.22. The first-order valence-corrected chi connectivity index (χ1v) is 19.8. The second-order valence-electron chi connectivity index (χ2n) is 15.7. The highest BCUT2D eigenvalue weighted by Gasteiger charge is 2.38. The van der Waals surface area contributed by atoms with Crippen molar-refractivity contribution >= 4 is 40.9 Å². The average molecular weight is 757 g/mol. The molecule has 1 saturated heterocycles. The van der Waals surface area contributed by atoms with Crippen molar-refractivity contribution in [2.75, 3.05) is 20.6 Å². The van der Waals surface area contributed by atoms with Crippen LogP contribution in [0.25, 0.3) is 0 Å². The number of carboxylic acids is 1. The summed E-state index contributed by atoms with van der Waals surface area (Å²) in [5.41, 5.74) is 1.41. The Balaban J connectivity index is 1.51. The normalized spacial score (nSPS) is 19.2. The lowest BCUT2D eigenvalue weighted by Crippen LogP contribution is -2.47. The van der Waals surface area contributed by atoms with Gasteiger partial charge in [0.2, 0.25) is 5.91 Å². The summed E-state index contributed by atoms with van der Waals surface area (Å²) in [6.45, 7) is 9.49. The maximum absolute atomic E-state index is 14.2. The van der Waals surface area contributed by atoms with Crippen LogP contribution in [-0.4, -0.2) is 88.2 Å². The molecule has 6 atom stereocenters. The zero-order valence-electron chi connectivity index (χ0n) is 32.2. The number of aryl methyl sites for hydroxylation is 1. The second-order valence-corrected chi connectivity index (χ2v) is 16.6. The molecule has 2 heterocycles. The number of benzene rings is 1. The van der Waals surface area contributed by atoms with Crippen molar-refractivity contribution in [3.8, 4) is 0 Å². The van der Waals surface area contributed by atoms with Crippen LogP contribution in [0.2, 0.25) is 0 Å². The number of nitrogens with zero attached hydrogens (tertiary/aromatic N) is 3. The largest absolute Gasteiger partial charge is 0.481 e. The van der Waals surface area contributed by atoms with Gasteiger partial charge in [-0.15, -0.1) is 11.3 Å². The van der Waals surface area contributed by atoms with Gasteiger partial charge in [0, 0.05) is 50.2 Å². The first kappa shape index (κ1) is 42.0. The van der Waals surface area contributed by atoms with E-state index in [0.29, 0.717) is 28.5 Å². The molecule has 0 spiro atoms. The Labute approximate surface area is 317 Å². The Morgan fingerprint density at radius 3 is 2.42 bits per heavy atom. The van der Waals surface area contributed by atoms with Gasteiger partial charge in [0.25, 0.3) is 5.91 Å². The number of carbonyl (C=O) groups is 5. The highest BCUT2D eigenvalue weighted by atomic mass is 32.1. The van der Waals surface area contributed by atoms with Crippen LogP contribution in [0.1, 0.15) is 118 Å². The molecule has 1 aliphatic carbocycles. The van der Waals surface area contributed by atoms with Crippen LogP contribution in [-0.2, 0) is 30.3 Å².